The first kappa shape index (κ1) is 19.4. The van der Waals surface area contributed by atoms with Crippen LogP contribution in [0, 0.1) is 24.3 Å². The Balaban J connectivity index is 0.00000289. The first-order valence-corrected chi connectivity index (χ1v) is 6.45. The van der Waals surface area contributed by atoms with Crippen LogP contribution in [-0.4, -0.2) is 6.98 Å². The zero-order valence-corrected chi connectivity index (χ0v) is 16.4. The molecule has 1 aromatic carbocycles. The molecule has 0 aliphatic carbocycles. The molecule has 0 aromatic heterocycles. The number of rotatable bonds is 3. The topological polar surface area (TPSA) is 26.0 Å². The van der Waals surface area contributed by atoms with Crippen LogP contribution in [-0.2, 0) is 12.9 Å². The fourth-order valence-electron chi connectivity index (χ4n) is 2.13. The van der Waals surface area contributed by atoms with Crippen molar-refractivity contribution in [3.63, 3.8) is 0 Å². The van der Waals surface area contributed by atoms with E-state index in [4.69, 9.17) is 5.73 Å². The van der Waals surface area contributed by atoms with Crippen LogP contribution in [0.15, 0.2) is 0 Å². The maximum absolute atomic E-state index is 12.6. The quantitative estimate of drug-likeness (QED) is 0.590. The van der Waals surface area contributed by atoms with Crippen LogP contribution in [0.1, 0.15) is 27.8 Å². The molecule has 1 rings (SSSR count). The van der Waals surface area contributed by atoms with E-state index in [2.05, 4.69) is 22.6 Å². The Morgan fingerprint density at radius 1 is 1.00 bits per heavy atom. The molecule has 0 aliphatic heterocycles. The van der Waals surface area contributed by atoms with Gasteiger partial charge < -0.3 is 18.7 Å². The molecule has 0 radical (unpaired) electrons. The van der Waals surface area contributed by atoms with E-state index < -0.39 is 13.3 Å². The summed E-state index contributed by atoms with van der Waals surface area (Å²) >= 11 is 2.10. The molecule has 0 saturated heterocycles. The summed E-state index contributed by atoms with van der Waals surface area (Å²) in [6, 6.07) is 0. The normalized spacial score (nSPS) is 11.3. The summed E-state index contributed by atoms with van der Waals surface area (Å²) in [5, 5.41) is 0. The third-order valence-corrected chi connectivity index (χ3v) is 4.73. The van der Waals surface area contributed by atoms with Gasteiger partial charge in [-0.25, -0.2) is 0 Å². The van der Waals surface area contributed by atoms with Gasteiger partial charge in [0.15, 0.2) is 0 Å². The predicted octanol–water partition coefficient (Wildman–Crippen LogP) is 0.608. The molecule has 0 amide bonds. The Kier molecular flexibility index (Phi) is 8.00. The minimum atomic E-state index is -4.81. The number of halogens is 4. The van der Waals surface area contributed by atoms with Crippen LogP contribution in [0.2, 0.25) is 0 Å². The van der Waals surface area contributed by atoms with Crippen molar-refractivity contribution in [2.75, 3.05) is 0 Å². The molecule has 2 N–H and O–H groups in total. The molecule has 0 fully saturated rings. The second-order valence-electron chi connectivity index (χ2n) is 4.26. The van der Waals surface area contributed by atoms with Gasteiger partial charge >= 0.3 is 58.4 Å². The van der Waals surface area contributed by atoms with Gasteiger partial charge in [0.05, 0.1) is 0 Å². The van der Waals surface area contributed by atoms with E-state index in [0.29, 0.717) is 11.1 Å². The molecule has 0 unspecified atom stereocenters. The summed E-state index contributed by atoms with van der Waals surface area (Å²) in [6.45, 7) is 0.863. The van der Waals surface area contributed by atoms with Crippen molar-refractivity contribution in [2.45, 2.75) is 33.6 Å². The van der Waals surface area contributed by atoms with E-state index >= 15 is 0 Å². The predicted molar refractivity (Wildman–Crippen MR) is 74.0 cm³/mol. The Labute approximate surface area is 162 Å². The molecule has 96 valence electrons. The van der Waals surface area contributed by atoms with Crippen LogP contribution < -0.4 is 57.1 Å². The second kappa shape index (κ2) is 7.42. The Bertz CT molecular complexity index is 449. The smallest absolute Gasteiger partial charge is 0.449 e. The van der Waals surface area contributed by atoms with Crippen molar-refractivity contribution >= 4 is 29.6 Å². The maximum atomic E-state index is 12.6. The van der Waals surface area contributed by atoms with Crippen LogP contribution in [0.3, 0.4) is 0 Å². The van der Waals surface area contributed by atoms with Gasteiger partial charge in [0.2, 0.25) is 0 Å². The molecule has 1 aromatic rings. The van der Waals surface area contributed by atoms with Crippen LogP contribution in [0.5, 0.6) is 0 Å². The van der Waals surface area contributed by atoms with Gasteiger partial charge in [0, 0.05) is 10.1 Å². The molecule has 0 bridgehead atoms. The van der Waals surface area contributed by atoms with E-state index in [1.165, 1.54) is 0 Å². The third-order valence-electron chi connectivity index (χ3n) is 3.11. The van der Waals surface area contributed by atoms with Gasteiger partial charge in [-0.3, -0.25) is 0 Å². The van der Waals surface area contributed by atoms with Gasteiger partial charge in [-0.1, -0.05) is 11.9 Å². The van der Waals surface area contributed by atoms with Crippen LogP contribution in [0.25, 0.3) is 0 Å². The first-order valence-electron chi connectivity index (χ1n) is 5.37. The summed E-state index contributed by atoms with van der Waals surface area (Å²) in [5.41, 5.74) is 9.29. The Hall–Kier alpha value is 1.40. The first-order chi connectivity index (χ1) is 7.69. The Morgan fingerprint density at radius 2 is 1.44 bits per heavy atom. The number of benzene rings is 1. The summed E-state index contributed by atoms with van der Waals surface area (Å²) in [5.74, 6) is 0. The van der Waals surface area contributed by atoms with Gasteiger partial charge in [-0.2, -0.15) is 0 Å². The average molecular weight is 395 g/mol. The van der Waals surface area contributed by atoms with Gasteiger partial charge in [-0.15, -0.1) is 0 Å². The van der Waals surface area contributed by atoms with Crippen molar-refractivity contribution in [3.05, 3.63) is 31.4 Å². The van der Waals surface area contributed by atoms with Crippen molar-refractivity contribution in [2.24, 2.45) is 5.73 Å². The SMILES string of the molecule is Cc1c(I)c(C)c(C[B-](F)(F)F)c(C)c1CN.[K+]. The Morgan fingerprint density at radius 3 is 1.83 bits per heavy atom. The summed E-state index contributed by atoms with van der Waals surface area (Å²) in [4.78, 5) is 0. The largest absolute Gasteiger partial charge is 1.00 e. The molecule has 0 atom stereocenters. The van der Waals surface area contributed by atoms with Crippen molar-refractivity contribution < 1.29 is 64.3 Å². The maximum Gasteiger partial charge on any atom is 1.00 e. The fourth-order valence-corrected chi connectivity index (χ4v) is 2.79. The standard InChI is InChI=1S/C11H15BF3IN.K/c1-6-9(4-12(13,14)15)7(2)11(16)8(3)10(6)5-17;/h4-5,17H2,1-3H3;/q-1;+1. The molecule has 0 saturated carbocycles. The zero-order chi connectivity index (χ0) is 13.4. The molecule has 18 heavy (non-hydrogen) atoms. The van der Waals surface area contributed by atoms with E-state index in [1.807, 2.05) is 6.92 Å². The van der Waals surface area contributed by atoms with E-state index in [1.54, 1.807) is 13.8 Å². The minimum absolute atomic E-state index is 0. The van der Waals surface area contributed by atoms with Crippen molar-refractivity contribution in [3.8, 4) is 0 Å². The molecule has 0 spiro atoms. The number of hydrogen-bond donors (Lipinski definition) is 1. The summed E-state index contributed by atoms with van der Waals surface area (Å²) in [7, 11) is 0. The van der Waals surface area contributed by atoms with Gasteiger partial charge in [-0.05, 0) is 65.6 Å². The summed E-state index contributed by atoms with van der Waals surface area (Å²) in [6.07, 6.45) is -0.819. The van der Waals surface area contributed by atoms with E-state index in [9.17, 15) is 12.9 Å². The molecular formula is C11H15BF3IKN. The number of hydrogen-bond acceptors (Lipinski definition) is 1. The van der Waals surface area contributed by atoms with Crippen LogP contribution in [0.4, 0.5) is 12.9 Å². The van der Waals surface area contributed by atoms with E-state index in [0.717, 1.165) is 20.3 Å². The minimum Gasteiger partial charge on any atom is -0.449 e. The third kappa shape index (κ3) is 4.46. The molecule has 1 nitrogen and oxygen atoms in total. The molecule has 0 aliphatic rings. The van der Waals surface area contributed by atoms with Gasteiger partial charge in [0.25, 0.3) is 0 Å². The van der Waals surface area contributed by atoms with Crippen molar-refractivity contribution in [1.82, 2.24) is 0 Å². The molecule has 7 heteroatoms. The number of nitrogens with two attached hydrogens (primary N) is 1. The van der Waals surface area contributed by atoms with Crippen LogP contribution >= 0.6 is 22.6 Å². The fraction of sp³-hybridized carbons (Fsp3) is 0.455. The van der Waals surface area contributed by atoms with Gasteiger partial charge in [0.1, 0.15) is 0 Å². The molecule has 0 heterocycles. The monoisotopic (exact) mass is 395 g/mol. The zero-order valence-electron chi connectivity index (χ0n) is 11.1. The average Bonchev–Trinajstić information content (AvgIpc) is 2.21. The summed E-state index contributed by atoms with van der Waals surface area (Å²) < 4.78 is 38.7. The van der Waals surface area contributed by atoms with E-state index in [-0.39, 0.29) is 57.9 Å². The second-order valence-corrected chi connectivity index (χ2v) is 5.34. The van der Waals surface area contributed by atoms with Crippen molar-refractivity contribution in [1.29, 1.82) is 0 Å². The molecular weight excluding hydrogens is 380 g/mol.